The predicted octanol–water partition coefficient (Wildman–Crippen LogP) is 3.20. The Morgan fingerprint density at radius 3 is 2.31 bits per heavy atom. The maximum atomic E-state index is 13.4. The molecule has 0 amide bonds. The summed E-state index contributed by atoms with van der Waals surface area (Å²) in [7, 11) is -3.80. The van der Waals surface area contributed by atoms with Gasteiger partial charge in [-0.2, -0.15) is 0 Å². The van der Waals surface area contributed by atoms with E-state index in [1.807, 2.05) is 0 Å². The van der Waals surface area contributed by atoms with Gasteiger partial charge in [0, 0.05) is 34.6 Å². The van der Waals surface area contributed by atoms with Gasteiger partial charge < -0.3 is 14.8 Å². The fraction of sp³-hybridized carbons (Fsp3) is 0.120. The molecule has 4 rings (SSSR count). The Morgan fingerprint density at radius 2 is 1.69 bits per heavy atom. The molecule has 3 N–H and O–H groups in total. The highest BCUT2D eigenvalue weighted by atomic mass is 35.5. The van der Waals surface area contributed by atoms with Gasteiger partial charge in [0.05, 0.1) is 17.0 Å². The number of aliphatic hydroxyl groups excluding tert-OH is 1. The van der Waals surface area contributed by atoms with E-state index in [4.69, 9.17) is 16.7 Å². The first-order valence-electron chi connectivity index (χ1n) is 10.6. The van der Waals surface area contributed by atoms with Crippen LogP contribution in [0.15, 0.2) is 82.5 Å². The highest BCUT2D eigenvalue weighted by molar-refractivity contribution is 7.89. The lowest BCUT2D eigenvalue weighted by molar-refractivity contribution is 0.0686. The average Bonchev–Trinajstić information content (AvgIpc) is 2.84. The van der Waals surface area contributed by atoms with Crippen molar-refractivity contribution in [2.45, 2.75) is 11.3 Å². The maximum absolute atomic E-state index is 13.4. The summed E-state index contributed by atoms with van der Waals surface area (Å²) in [5.41, 5.74) is 0.893. The Bertz CT molecular complexity index is 1570. The molecule has 180 valence electrons. The van der Waals surface area contributed by atoms with E-state index in [0.717, 1.165) is 0 Å². The summed E-state index contributed by atoms with van der Waals surface area (Å²) in [6.07, 6.45) is -0.0315. The van der Waals surface area contributed by atoms with E-state index in [-0.39, 0.29) is 35.7 Å². The first-order chi connectivity index (χ1) is 16.7. The van der Waals surface area contributed by atoms with Crippen LogP contribution in [0.5, 0.6) is 0 Å². The Morgan fingerprint density at radius 1 is 1.00 bits per heavy atom. The van der Waals surface area contributed by atoms with Crippen LogP contribution in [-0.4, -0.2) is 42.3 Å². The van der Waals surface area contributed by atoms with Gasteiger partial charge in [0.15, 0.2) is 5.43 Å². The molecule has 0 aliphatic rings. The van der Waals surface area contributed by atoms with E-state index in [1.165, 1.54) is 28.8 Å². The summed E-state index contributed by atoms with van der Waals surface area (Å²) in [5.74, 6) is -1.28. The summed E-state index contributed by atoms with van der Waals surface area (Å²) < 4.78 is 28.3. The number of hydrogen-bond acceptors (Lipinski definition) is 5. The lowest BCUT2D eigenvalue weighted by Gasteiger charge is -2.19. The van der Waals surface area contributed by atoms with E-state index < -0.39 is 21.4 Å². The highest BCUT2D eigenvalue weighted by Crippen LogP contribution is 2.26. The molecule has 35 heavy (non-hydrogen) atoms. The second kappa shape index (κ2) is 10.0. The number of halogens is 1. The molecule has 0 spiro atoms. The van der Waals surface area contributed by atoms with Gasteiger partial charge in [0.25, 0.3) is 0 Å². The van der Waals surface area contributed by atoms with Crippen LogP contribution in [0.2, 0.25) is 5.02 Å². The number of para-hydroxylation sites is 1. The number of nitrogens with zero attached hydrogens (tertiary/aromatic N) is 1. The Kier molecular flexibility index (Phi) is 7.04. The van der Waals surface area contributed by atoms with Gasteiger partial charge in [-0.1, -0.05) is 41.9 Å². The number of hydrogen-bond donors (Lipinski definition) is 3. The topological polar surface area (TPSA) is 126 Å². The van der Waals surface area contributed by atoms with Gasteiger partial charge in [-0.3, -0.25) is 4.79 Å². The number of carbonyl (C=O) groups is 1. The second-order valence-corrected chi connectivity index (χ2v) is 9.94. The molecule has 8 nitrogen and oxygen atoms in total. The minimum Gasteiger partial charge on any atom is -0.477 e. The van der Waals surface area contributed by atoms with Gasteiger partial charge in [0.1, 0.15) is 5.69 Å². The molecule has 1 heterocycles. The van der Waals surface area contributed by atoms with Crippen molar-refractivity contribution in [2.75, 3.05) is 13.2 Å². The third kappa shape index (κ3) is 4.98. The number of benzene rings is 3. The van der Waals surface area contributed by atoms with Crippen molar-refractivity contribution in [3.05, 3.63) is 105 Å². The van der Waals surface area contributed by atoms with Crippen LogP contribution in [-0.2, 0) is 16.4 Å². The van der Waals surface area contributed by atoms with Gasteiger partial charge in [-0.25, -0.2) is 17.9 Å². The minimum atomic E-state index is -3.80. The Labute approximate surface area is 206 Å². The highest BCUT2D eigenvalue weighted by Gasteiger charge is 2.24. The van der Waals surface area contributed by atoms with Crippen molar-refractivity contribution >= 4 is 38.5 Å². The molecule has 0 saturated carbocycles. The summed E-state index contributed by atoms with van der Waals surface area (Å²) in [6.45, 7) is -0.456. The smallest absolute Gasteiger partial charge is 0.353 e. The number of aliphatic hydroxyl groups is 1. The number of fused-ring (bicyclic) bond motifs is 1. The predicted molar refractivity (Wildman–Crippen MR) is 133 cm³/mol. The zero-order chi connectivity index (χ0) is 25.2. The first-order valence-corrected chi connectivity index (χ1v) is 12.4. The van der Waals surface area contributed by atoms with Crippen LogP contribution in [0.25, 0.3) is 16.6 Å². The average molecular weight is 513 g/mol. The number of rotatable bonds is 8. The van der Waals surface area contributed by atoms with Crippen molar-refractivity contribution in [3.8, 4) is 5.69 Å². The molecule has 0 bridgehead atoms. The van der Waals surface area contributed by atoms with Gasteiger partial charge in [-0.15, -0.1) is 0 Å². The Hall–Kier alpha value is -3.50. The normalized spacial score (nSPS) is 11.6. The molecule has 0 fully saturated rings. The third-order valence-electron chi connectivity index (χ3n) is 5.46. The third-order valence-corrected chi connectivity index (χ3v) is 7.18. The van der Waals surface area contributed by atoms with E-state index in [1.54, 1.807) is 48.5 Å². The first kappa shape index (κ1) is 24.6. The Balaban J connectivity index is 1.89. The van der Waals surface area contributed by atoms with Crippen LogP contribution in [0, 0.1) is 0 Å². The SMILES string of the molecule is O=C(O)c1c(Cc2ccc(S(=O)(=O)NCCO)cc2)c(=O)c2ccc(Cl)cc2n1-c1ccccc1. The fourth-order valence-electron chi connectivity index (χ4n) is 3.90. The molecular formula is C25H21ClN2O6S. The van der Waals surface area contributed by atoms with Crippen molar-refractivity contribution < 1.29 is 23.4 Å². The zero-order valence-electron chi connectivity index (χ0n) is 18.3. The number of aromatic carboxylic acids is 1. The van der Waals surface area contributed by atoms with Crippen LogP contribution in [0.3, 0.4) is 0 Å². The number of pyridine rings is 1. The molecule has 4 aromatic rings. The quantitative estimate of drug-likeness (QED) is 0.333. The van der Waals surface area contributed by atoms with E-state index in [2.05, 4.69) is 4.72 Å². The van der Waals surface area contributed by atoms with E-state index in [9.17, 15) is 23.1 Å². The second-order valence-electron chi connectivity index (χ2n) is 7.74. The van der Waals surface area contributed by atoms with Crippen LogP contribution < -0.4 is 10.2 Å². The van der Waals surface area contributed by atoms with Crippen LogP contribution in [0.1, 0.15) is 21.6 Å². The molecule has 0 aliphatic heterocycles. The van der Waals surface area contributed by atoms with Crippen molar-refractivity contribution in [1.29, 1.82) is 0 Å². The molecule has 0 unspecified atom stereocenters. The lowest BCUT2D eigenvalue weighted by Crippen LogP contribution is -2.26. The standard InChI is InChI=1S/C25H21ClN2O6S/c26-17-8-11-20-22(15-17)28(18-4-2-1-3-5-18)23(25(31)32)21(24(20)30)14-16-6-9-19(10-7-16)35(33,34)27-12-13-29/h1-11,15,27,29H,12-14H2,(H,31,32). The van der Waals surface area contributed by atoms with E-state index in [0.29, 0.717) is 27.2 Å². The molecule has 1 aromatic heterocycles. The molecule has 10 heteroatoms. The van der Waals surface area contributed by atoms with Gasteiger partial charge in [0.2, 0.25) is 10.0 Å². The number of carboxylic acids is 1. The van der Waals surface area contributed by atoms with Gasteiger partial charge in [-0.05, 0) is 48.0 Å². The molecular weight excluding hydrogens is 492 g/mol. The molecule has 0 atom stereocenters. The monoisotopic (exact) mass is 512 g/mol. The van der Waals surface area contributed by atoms with Crippen LogP contribution >= 0.6 is 11.6 Å². The summed E-state index contributed by atoms with van der Waals surface area (Å²) in [4.78, 5) is 25.9. The number of nitrogens with one attached hydrogen (secondary N) is 1. The van der Waals surface area contributed by atoms with Crippen molar-refractivity contribution in [2.24, 2.45) is 0 Å². The largest absolute Gasteiger partial charge is 0.477 e. The maximum Gasteiger partial charge on any atom is 0.353 e. The summed E-state index contributed by atoms with van der Waals surface area (Å²) in [6, 6.07) is 19.3. The molecule has 0 saturated heterocycles. The molecule has 0 aliphatic carbocycles. The lowest BCUT2D eigenvalue weighted by atomic mass is 9.99. The van der Waals surface area contributed by atoms with Crippen molar-refractivity contribution in [3.63, 3.8) is 0 Å². The number of sulfonamides is 1. The fourth-order valence-corrected chi connectivity index (χ4v) is 5.08. The van der Waals surface area contributed by atoms with Gasteiger partial charge >= 0.3 is 5.97 Å². The number of aromatic nitrogens is 1. The summed E-state index contributed by atoms with van der Waals surface area (Å²) >= 11 is 6.18. The van der Waals surface area contributed by atoms with Crippen LogP contribution in [0.4, 0.5) is 0 Å². The molecule has 0 radical (unpaired) electrons. The molecule has 3 aromatic carbocycles. The van der Waals surface area contributed by atoms with E-state index >= 15 is 0 Å². The zero-order valence-corrected chi connectivity index (χ0v) is 19.9. The summed E-state index contributed by atoms with van der Waals surface area (Å²) in [5, 5.41) is 19.7. The minimum absolute atomic E-state index is 0.0111. The van der Waals surface area contributed by atoms with Crippen molar-refractivity contribution in [1.82, 2.24) is 9.29 Å². The number of carboxylic acid groups (broad SMARTS) is 1.